The molecule has 5 heteroatoms. The molecule has 5 nitrogen and oxygen atoms in total. The van der Waals surface area contributed by atoms with Gasteiger partial charge in [0.1, 0.15) is 0 Å². The van der Waals surface area contributed by atoms with Crippen LogP contribution in [0.1, 0.15) is 30.6 Å². The van der Waals surface area contributed by atoms with Crippen molar-refractivity contribution in [3.63, 3.8) is 0 Å². The number of carbonyl (C=O) groups excluding carboxylic acids is 2. The van der Waals surface area contributed by atoms with E-state index in [0.29, 0.717) is 12.0 Å². The van der Waals surface area contributed by atoms with Crippen molar-refractivity contribution in [2.75, 3.05) is 7.11 Å². The molecule has 1 unspecified atom stereocenters. The van der Waals surface area contributed by atoms with Crippen LogP contribution in [0.15, 0.2) is 18.5 Å². The zero-order valence-corrected chi connectivity index (χ0v) is 11.2. The second-order valence-corrected chi connectivity index (χ2v) is 4.61. The molecular weight excluding hydrogens is 234 g/mol. The van der Waals surface area contributed by atoms with Gasteiger partial charge in [-0.2, -0.15) is 0 Å². The Balaban J connectivity index is 2.71. The zero-order valence-electron chi connectivity index (χ0n) is 11.2. The number of rotatable bonds is 5. The first kappa shape index (κ1) is 14.3. The van der Waals surface area contributed by atoms with Crippen LogP contribution in [-0.2, 0) is 21.3 Å². The lowest BCUT2D eigenvalue weighted by atomic mass is 10.1. The van der Waals surface area contributed by atoms with E-state index in [-0.39, 0.29) is 5.92 Å². The van der Waals surface area contributed by atoms with Crippen molar-refractivity contribution in [2.45, 2.75) is 26.4 Å². The Morgan fingerprint density at radius 1 is 1.39 bits per heavy atom. The second kappa shape index (κ2) is 6.23. The van der Waals surface area contributed by atoms with Crippen molar-refractivity contribution < 1.29 is 19.1 Å². The van der Waals surface area contributed by atoms with Gasteiger partial charge < -0.3 is 14.0 Å². The fourth-order valence-electron chi connectivity index (χ4n) is 1.57. The Morgan fingerprint density at radius 3 is 2.50 bits per heavy atom. The first-order valence-corrected chi connectivity index (χ1v) is 5.84. The van der Waals surface area contributed by atoms with Gasteiger partial charge in [0.2, 0.25) is 0 Å². The summed E-state index contributed by atoms with van der Waals surface area (Å²) in [5.41, 5.74) is 0.426. The Morgan fingerprint density at radius 2 is 2.06 bits per heavy atom. The summed E-state index contributed by atoms with van der Waals surface area (Å²) < 4.78 is 11.6. The second-order valence-electron chi connectivity index (χ2n) is 4.61. The van der Waals surface area contributed by atoms with E-state index in [2.05, 4.69) is 4.74 Å². The van der Waals surface area contributed by atoms with Gasteiger partial charge in [-0.05, 0) is 18.4 Å². The largest absolute Gasteiger partial charge is 0.466 e. The summed E-state index contributed by atoms with van der Waals surface area (Å²) >= 11 is 0. The van der Waals surface area contributed by atoms with Gasteiger partial charge in [0.25, 0.3) is 0 Å². The SMILES string of the molecule is COC(=O)C(CC(C)C)OC(=O)c1ccn(C)c1. The minimum atomic E-state index is -0.845. The smallest absolute Gasteiger partial charge is 0.347 e. The first-order chi connectivity index (χ1) is 8.43. The molecule has 0 fully saturated rings. The van der Waals surface area contributed by atoms with Crippen LogP contribution in [0, 0.1) is 5.92 Å². The van der Waals surface area contributed by atoms with Crippen LogP contribution in [0.2, 0.25) is 0 Å². The standard InChI is InChI=1S/C13H19NO4/c1-9(2)7-11(13(16)17-4)18-12(15)10-5-6-14(3)8-10/h5-6,8-9,11H,7H2,1-4H3. The fraction of sp³-hybridized carbons (Fsp3) is 0.538. The van der Waals surface area contributed by atoms with E-state index in [1.807, 2.05) is 20.9 Å². The molecule has 0 saturated heterocycles. The van der Waals surface area contributed by atoms with Crippen molar-refractivity contribution in [2.24, 2.45) is 13.0 Å². The van der Waals surface area contributed by atoms with Crippen molar-refractivity contribution in [1.82, 2.24) is 4.57 Å². The van der Waals surface area contributed by atoms with E-state index in [1.165, 1.54) is 7.11 Å². The molecule has 1 atom stereocenters. The summed E-state index contributed by atoms with van der Waals surface area (Å²) in [6.07, 6.45) is 2.99. The van der Waals surface area contributed by atoms with Gasteiger partial charge >= 0.3 is 11.9 Å². The van der Waals surface area contributed by atoms with E-state index in [4.69, 9.17) is 4.74 Å². The zero-order chi connectivity index (χ0) is 13.7. The highest BCUT2D eigenvalue weighted by Gasteiger charge is 2.25. The summed E-state index contributed by atoms with van der Waals surface area (Å²) in [5.74, 6) is -0.794. The molecule has 1 aromatic heterocycles. The average Bonchev–Trinajstić information content (AvgIpc) is 2.73. The topological polar surface area (TPSA) is 57.5 Å². The summed E-state index contributed by atoms with van der Waals surface area (Å²) in [5, 5.41) is 0. The van der Waals surface area contributed by atoms with Gasteiger partial charge in [0.15, 0.2) is 6.10 Å². The molecule has 0 aliphatic heterocycles. The normalized spacial score (nSPS) is 12.3. The van der Waals surface area contributed by atoms with Gasteiger partial charge in [-0.3, -0.25) is 0 Å². The maximum atomic E-state index is 11.8. The number of aryl methyl sites for hydroxylation is 1. The lowest BCUT2D eigenvalue weighted by molar-refractivity contribution is -0.151. The van der Waals surface area contributed by atoms with Gasteiger partial charge in [-0.15, -0.1) is 0 Å². The highest BCUT2D eigenvalue weighted by Crippen LogP contribution is 2.13. The number of aromatic nitrogens is 1. The maximum absolute atomic E-state index is 11.8. The molecule has 0 radical (unpaired) electrons. The van der Waals surface area contributed by atoms with Gasteiger partial charge in [0.05, 0.1) is 12.7 Å². The van der Waals surface area contributed by atoms with E-state index < -0.39 is 18.0 Å². The summed E-state index contributed by atoms with van der Waals surface area (Å²) in [7, 11) is 3.09. The molecule has 0 aliphatic carbocycles. The van der Waals surface area contributed by atoms with Gasteiger partial charge in [0, 0.05) is 19.4 Å². The third-order valence-corrected chi connectivity index (χ3v) is 2.47. The summed E-state index contributed by atoms with van der Waals surface area (Å²) in [6.45, 7) is 3.90. The van der Waals surface area contributed by atoms with Crippen molar-refractivity contribution in [3.8, 4) is 0 Å². The van der Waals surface area contributed by atoms with Gasteiger partial charge in [-0.25, -0.2) is 9.59 Å². The van der Waals surface area contributed by atoms with Crippen LogP contribution in [-0.4, -0.2) is 29.7 Å². The number of ether oxygens (including phenoxy) is 2. The van der Waals surface area contributed by atoms with Crippen molar-refractivity contribution >= 4 is 11.9 Å². The minimum Gasteiger partial charge on any atom is -0.466 e. The molecule has 0 bridgehead atoms. The molecule has 1 heterocycles. The molecule has 100 valence electrons. The molecule has 0 saturated carbocycles. The lowest BCUT2D eigenvalue weighted by Crippen LogP contribution is -2.29. The highest BCUT2D eigenvalue weighted by atomic mass is 16.6. The quantitative estimate of drug-likeness (QED) is 0.750. The Hall–Kier alpha value is -1.78. The monoisotopic (exact) mass is 253 g/mol. The summed E-state index contributed by atoms with van der Waals surface area (Å²) in [6, 6.07) is 1.64. The van der Waals surface area contributed by atoms with E-state index in [1.54, 1.807) is 23.0 Å². The Bertz CT molecular complexity index is 422. The number of hydrogen-bond acceptors (Lipinski definition) is 4. The molecule has 1 rings (SSSR count). The van der Waals surface area contributed by atoms with Crippen LogP contribution < -0.4 is 0 Å². The first-order valence-electron chi connectivity index (χ1n) is 5.84. The van der Waals surface area contributed by atoms with E-state index in [9.17, 15) is 9.59 Å². The number of nitrogens with zero attached hydrogens (tertiary/aromatic N) is 1. The predicted molar refractivity (Wildman–Crippen MR) is 66.1 cm³/mol. The number of hydrogen-bond donors (Lipinski definition) is 0. The molecule has 18 heavy (non-hydrogen) atoms. The lowest BCUT2D eigenvalue weighted by Gasteiger charge is -2.17. The highest BCUT2D eigenvalue weighted by molar-refractivity contribution is 5.91. The molecule has 0 spiro atoms. The number of esters is 2. The average molecular weight is 253 g/mol. The number of methoxy groups -OCH3 is 1. The van der Waals surface area contributed by atoms with Crippen molar-refractivity contribution in [3.05, 3.63) is 24.0 Å². The molecule has 0 amide bonds. The predicted octanol–water partition coefficient (Wildman–Crippen LogP) is 1.77. The van der Waals surface area contributed by atoms with Gasteiger partial charge in [-0.1, -0.05) is 13.8 Å². The Kier molecular flexibility index (Phi) is 4.95. The third-order valence-electron chi connectivity index (χ3n) is 2.47. The van der Waals surface area contributed by atoms with Crippen molar-refractivity contribution in [1.29, 1.82) is 0 Å². The number of carbonyl (C=O) groups is 2. The van der Waals surface area contributed by atoms with Crippen LogP contribution in [0.3, 0.4) is 0 Å². The van der Waals surface area contributed by atoms with E-state index in [0.717, 1.165) is 0 Å². The van der Waals surface area contributed by atoms with Crippen LogP contribution in [0.4, 0.5) is 0 Å². The molecule has 0 aliphatic rings. The molecule has 1 aromatic rings. The van der Waals surface area contributed by atoms with Crippen LogP contribution in [0.25, 0.3) is 0 Å². The molecular formula is C13H19NO4. The van der Waals surface area contributed by atoms with Crippen LogP contribution >= 0.6 is 0 Å². The van der Waals surface area contributed by atoms with Crippen LogP contribution in [0.5, 0.6) is 0 Å². The fourth-order valence-corrected chi connectivity index (χ4v) is 1.57. The maximum Gasteiger partial charge on any atom is 0.347 e. The molecule has 0 N–H and O–H groups in total. The molecule has 0 aromatic carbocycles. The van der Waals surface area contributed by atoms with E-state index >= 15 is 0 Å². The Labute approximate surface area is 107 Å². The third kappa shape index (κ3) is 3.91. The summed E-state index contributed by atoms with van der Waals surface area (Å²) in [4.78, 5) is 23.3. The minimum absolute atomic E-state index is 0.234.